The molecule has 0 atom stereocenters. The van der Waals surface area contributed by atoms with Crippen molar-refractivity contribution in [3.8, 4) is 11.5 Å². The highest BCUT2D eigenvalue weighted by molar-refractivity contribution is 5.56. The Kier molecular flexibility index (Phi) is 3.74. The van der Waals surface area contributed by atoms with Crippen molar-refractivity contribution < 1.29 is 4.74 Å². The van der Waals surface area contributed by atoms with Gasteiger partial charge in [0.05, 0.1) is 0 Å². The molecule has 0 aliphatic rings. The van der Waals surface area contributed by atoms with Crippen molar-refractivity contribution in [1.29, 1.82) is 0 Å². The van der Waals surface area contributed by atoms with E-state index < -0.39 is 0 Å². The maximum atomic E-state index is 6.04. The maximum Gasteiger partial charge on any atom is 0.133 e. The van der Waals surface area contributed by atoms with Crippen LogP contribution in [0.2, 0.25) is 0 Å². The fourth-order valence-corrected chi connectivity index (χ4v) is 1.95. The van der Waals surface area contributed by atoms with Gasteiger partial charge in [0, 0.05) is 23.6 Å². The third kappa shape index (κ3) is 2.87. The molecule has 1 aromatic carbocycles. The smallest absolute Gasteiger partial charge is 0.133 e. The van der Waals surface area contributed by atoms with Crippen LogP contribution in [-0.2, 0) is 0 Å². The van der Waals surface area contributed by atoms with E-state index in [1.807, 2.05) is 32.0 Å². The molecule has 0 unspecified atom stereocenters. The molecule has 0 amide bonds. The first-order valence-electron chi connectivity index (χ1n) is 6.47. The molecular formula is C16H20N2O. The standard InChI is InChI=1S/C16H20N2O/c1-10(2)13-8-14(17)11(3)7-16(13)19-15-5-6-18-9-12(15)4/h5-10H,17H2,1-4H3. The number of anilines is 1. The van der Waals surface area contributed by atoms with Crippen LogP contribution in [0.15, 0.2) is 30.6 Å². The third-order valence-corrected chi connectivity index (χ3v) is 3.21. The van der Waals surface area contributed by atoms with Gasteiger partial charge in [-0.15, -0.1) is 0 Å². The van der Waals surface area contributed by atoms with Crippen molar-refractivity contribution in [3.63, 3.8) is 0 Å². The number of nitrogens with zero attached hydrogens (tertiary/aromatic N) is 1. The molecule has 2 N–H and O–H groups in total. The van der Waals surface area contributed by atoms with Crippen LogP contribution in [0.1, 0.15) is 36.5 Å². The number of rotatable bonds is 3. The van der Waals surface area contributed by atoms with Gasteiger partial charge in [0.15, 0.2) is 0 Å². The zero-order valence-electron chi connectivity index (χ0n) is 11.9. The molecule has 0 saturated heterocycles. The van der Waals surface area contributed by atoms with Gasteiger partial charge in [-0.2, -0.15) is 0 Å². The predicted molar refractivity (Wildman–Crippen MR) is 78.7 cm³/mol. The van der Waals surface area contributed by atoms with Crippen molar-refractivity contribution in [3.05, 3.63) is 47.3 Å². The number of aryl methyl sites for hydroxylation is 2. The molecule has 0 fully saturated rings. The van der Waals surface area contributed by atoms with Crippen LogP contribution in [0.4, 0.5) is 5.69 Å². The van der Waals surface area contributed by atoms with E-state index in [9.17, 15) is 0 Å². The second-order valence-corrected chi connectivity index (χ2v) is 5.14. The van der Waals surface area contributed by atoms with Crippen LogP contribution >= 0.6 is 0 Å². The normalized spacial score (nSPS) is 10.8. The van der Waals surface area contributed by atoms with Gasteiger partial charge >= 0.3 is 0 Å². The second-order valence-electron chi connectivity index (χ2n) is 5.14. The van der Waals surface area contributed by atoms with Gasteiger partial charge in [0.2, 0.25) is 0 Å². The van der Waals surface area contributed by atoms with Crippen molar-refractivity contribution >= 4 is 5.69 Å². The summed E-state index contributed by atoms with van der Waals surface area (Å²) in [5, 5.41) is 0. The maximum absolute atomic E-state index is 6.04. The summed E-state index contributed by atoms with van der Waals surface area (Å²) in [5.41, 5.74) is 9.97. The monoisotopic (exact) mass is 256 g/mol. The third-order valence-electron chi connectivity index (χ3n) is 3.21. The molecule has 2 aromatic rings. The SMILES string of the molecule is Cc1cc(Oc2ccncc2C)c(C(C)C)cc1N. The molecule has 0 spiro atoms. The fraction of sp³-hybridized carbons (Fsp3) is 0.312. The summed E-state index contributed by atoms with van der Waals surface area (Å²) in [6.07, 6.45) is 3.54. The van der Waals surface area contributed by atoms with E-state index in [0.717, 1.165) is 33.9 Å². The highest BCUT2D eigenvalue weighted by Gasteiger charge is 2.12. The fourth-order valence-electron chi connectivity index (χ4n) is 1.95. The molecule has 0 saturated carbocycles. The van der Waals surface area contributed by atoms with E-state index >= 15 is 0 Å². The Bertz CT molecular complexity index is 591. The van der Waals surface area contributed by atoms with Crippen LogP contribution in [0.3, 0.4) is 0 Å². The van der Waals surface area contributed by atoms with Crippen LogP contribution in [0.5, 0.6) is 11.5 Å². The number of hydrogen-bond donors (Lipinski definition) is 1. The minimum absolute atomic E-state index is 0.361. The Morgan fingerprint density at radius 2 is 1.84 bits per heavy atom. The van der Waals surface area contributed by atoms with Crippen LogP contribution < -0.4 is 10.5 Å². The number of hydrogen-bond acceptors (Lipinski definition) is 3. The minimum atomic E-state index is 0.361. The molecule has 3 heteroatoms. The van der Waals surface area contributed by atoms with Gasteiger partial charge in [0.1, 0.15) is 11.5 Å². The van der Waals surface area contributed by atoms with E-state index in [-0.39, 0.29) is 0 Å². The van der Waals surface area contributed by atoms with E-state index in [4.69, 9.17) is 10.5 Å². The number of pyridine rings is 1. The Morgan fingerprint density at radius 1 is 1.11 bits per heavy atom. The van der Waals surface area contributed by atoms with E-state index in [1.54, 1.807) is 12.4 Å². The zero-order valence-corrected chi connectivity index (χ0v) is 11.9. The Labute approximate surface area is 114 Å². The second kappa shape index (κ2) is 5.31. The van der Waals surface area contributed by atoms with E-state index in [1.165, 1.54) is 0 Å². The molecule has 19 heavy (non-hydrogen) atoms. The van der Waals surface area contributed by atoms with Crippen LogP contribution in [0, 0.1) is 13.8 Å². The zero-order chi connectivity index (χ0) is 14.0. The quantitative estimate of drug-likeness (QED) is 0.837. The summed E-state index contributed by atoms with van der Waals surface area (Å²) in [6, 6.07) is 5.89. The van der Waals surface area contributed by atoms with Crippen molar-refractivity contribution in [2.24, 2.45) is 0 Å². The Hall–Kier alpha value is -2.03. The molecule has 0 aliphatic carbocycles. The summed E-state index contributed by atoms with van der Waals surface area (Å²) in [6.45, 7) is 8.25. The molecule has 2 rings (SSSR count). The van der Waals surface area contributed by atoms with Gasteiger partial charge in [-0.05, 0) is 49.1 Å². The Balaban J connectivity index is 2.45. The van der Waals surface area contributed by atoms with Gasteiger partial charge in [0.25, 0.3) is 0 Å². The van der Waals surface area contributed by atoms with Crippen LogP contribution in [0.25, 0.3) is 0 Å². The molecule has 0 bridgehead atoms. The first-order valence-corrected chi connectivity index (χ1v) is 6.47. The number of ether oxygens (including phenoxy) is 1. The van der Waals surface area contributed by atoms with Gasteiger partial charge in [-0.1, -0.05) is 13.8 Å². The topological polar surface area (TPSA) is 48.1 Å². The number of benzene rings is 1. The summed E-state index contributed by atoms with van der Waals surface area (Å²) >= 11 is 0. The van der Waals surface area contributed by atoms with Gasteiger partial charge in [-0.3, -0.25) is 4.98 Å². The summed E-state index contributed by atoms with van der Waals surface area (Å²) < 4.78 is 6.04. The first kappa shape index (κ1) is 13.4. The Morgan fingerprint density at radius 3 is 2.47 bits per heavy atom. The average molecular weight is 256 g/mol. The number of nitrogen functional groups attached to an aromatic ring is 1. The van der Waals surface area contributed by atoms with E-state index in [0.29, 0.717) is 5.92 Å². The molecule has 0 aliphatic heterocycles. The molecular weight excluding hydrogens is 236 g/mol. The number of aromatic nitrogens is 1. The highest BCUT2D eigenvalue weighted by atomic mass is 16.5. The minimum Gasteiger partial charge on any atom is -0.457 e. The summed E-state index contributed by atoms with van der Waals surface area (Å²) in [4.78, 5) is 4.08. The lowest BCUT2D eigenvalue weighted by Gasteiger charge is -2.17. The van der Waals surface area contributed by atoms with Crippen LogP contribution in [-0.4, -0.2) is 4.98 Å². The van der Waals surface area contributed by atoms with Crippen molar-refractivity contribution in [2.45, 2.75) is 33.6 Å². The molecule has 1 heterocycles. The van der Waals surface area contributed by atoms with Crippen molar-refractivity contribution in [1.82, 2.24) is 4.98 Å². The van der Waals surface area contributed by atoms with E-state index in [2.05, 4.69) is 18.8 Å². The molecule has 100 valence electrons. The first-order chi connectivity index (χ1) is 8.99. The number of nitrogens with two attached hydrogens (primary N) is 1. The largest absolute Gasteiger partial charge is 0.457 e. The molecule has 3 nitrogen and oxygen atoms in total. The molecule has 1 aromatic heterocycles. The predicted octanol–water partition coefficient (Wildman–Crippen LogP) is 4.20. The lowest BCUT2D eigenvalue weighted by atomic mass is 9.99. The summed E-state index contributed by atoms with van der Waals surface area (Å²) in [7, 11) is 0. The van der Waals surface area contributed by atoms with Gasteiger partial charge < -0.3 is 10.5 Å². The van der Waals surface area contributed by atoms with Gasteiger partial charge in [-0.25, -0.2) is 0 Å². The highest BCUT2D eigenvalue weighted by Crippen LogP contribution is 2.34. The molecule has 0 radical (unpaired) electrons. The lowest BCUT2D eigenvalue weighted by Crippen LogP contribution is -1.99. The summed E-state index contributed by atoms with van der Waals surface area (Å²) in [5.74, 6) is 2.07. The van der Waals surface area contributed by atoms with Crippen molar-refractivity contribution in [2.75, 3.05) is 5.73 Å². The average Bonchev–Trinajstić information content (AvgIpc) is 2.36. The lowest BCUT2D eigenvalue weighted by molar-refractivity contribution is 0.468.